The van der Waals surface area contributed by atoms with E-state index in [1.54, 1.807) is 6.92 Å². The first-order valence-electron chi connectivity index (χ1n) is 8.08. The number of carbonyl (C=O) groups is 2. The van der Waals surface area contributed by atoms with Crippen LogP contribution in [0.25, 0.3) is 0 Å². The third-order valence-electron chi connectivity index (χ3n) is 3.82. The lowest BCUT2D eigenvalue weighted by atomic mass is 10.0. The number of benzene rings is 2. The second kappa shape index (κ2) is 7.77. The molecule has 136 valence electrons. The van der Waals surface area contributed by atoms with E-state index < -0.39 is 16.8 Å². The highest BCUT2D eigenvalue weighted by Gasteiger charge is 2.19. The smallest absolute Gasteiger partial charge is 0.338 e. The molecule has 0 unspecified atom stereocenters. The predicted octanol–water partition coefficient (Wildman–Crippen LogP) is 3.95. The topological polar surface area (TPSA) is 98.5 Å². The summed E-state index contributed by atoms with van der Waals surface area (Å²) in [7, 11) is 0. The Morgan fingerprint density at radius 3 is 2.15 bits per heavy atom. The largest absolute Gasteiger partial charge is 0.462 e. The molecule has 7 heteroatoms. The van der Waals surface area contributed by atoms with Gasteiger partial charge in [0.05, 0.1) is 17.1 Å². The summed E-state index contributed by atoms with van der Waals surface area (Å²) in [5.74, 6) is -1.25. The lowest BCUT2D eigenvalue weighted by Gasteiger charge is -2.13. The summed E-state index contributed by atoms with van der Waals surface area (Å²) in [6.07, 6.45) is 0. The van der Waals surface area contributed by atoms with Crippen LogP contribution in [0.5, 0.6) is 0 Å². The first kappa shape index (κ1) is 19.1. The number of hydrogen-bond acceptors (Lipinski definition) is 5. The second-order valence-electron chi connectivity index (χ2n) is 5.97. The molecule has 0 bridgehead atoms. The van der Waals surface area contributed by atoms with Crippen molar-refractivity contribution >= 4 is 23.3 Å². The molecule has 26 heavy (non-hydrogen) atoms. The number of aryl methyl sites for hydroxylation is 3. The summed E-state index contributed by atoms with van der Waals surface area (Å²) in [4.78, 5) is 35.0. The molecular formula is C19H20N2O5. The maximum Gasteiger partial charge on any atom is 0.338 e. The molecule has 0 atom stereocenters. The quantitative estimate of drug-likeness (QED) is 0.497. The van der Waals surface area contributed by atoms with Crippen LogP contribution >= 0.6 is 0 Å². The summed E-state index contributed by atoms with van der Waals surface area (Å²) >= 11 is 0. The van der Waals surface area contributed by atoms with Gasteiger partial charge in [-0.05, 0) is 44.9 Å². The summed E-state index contributed by atoms with van der Waals surface area (Å²) in [6, 6.07) is 7.38. The molecule has 2 aromatic carbocycles. The average Bonchev–Trinajstić information content (AvgIpc) is 2.57. The van der Waals surface area contributed by atoms with Gasteiger partial charge in [-0.25, -0.2) is 4.79 Å². The summed E-state index contributed by atoms with van der Waals surface area (Å²) in [6.45, 7) is 7.45. The molecule has 0 aliphatic rings. The second-order valence-corrected chi connectivity index (χ2v) is 5.97. The molecule has 1 N–H and O–H groups in total. The van der Waals surface area contributed by atoms with Crippen LogP contribution < -0.4 is 5.32 Å². The van der Waals surface area contributed by atoms with Crippen molar-refractivity contribution in [3.63, 3.8) is 0 Å². The number of nitrogens with zero attached hydrogens (tertiary/aromatic N) is 1. The number of nitro groups is 1. The van der Waals surface area contributed by atoms with Crippen LogP contribution in [0.2, 0.25) is 0 Å². The third-order valence-corrected chi connectivity index (χ3v) is 3.82. The zero-order valence-electron chi connectivity index (χ0n) is 15.1. The number of hydrogen-bond donors (Lipinski definition) is 1. The molecule has 0 heterocycles. The van der Waals surface area contributed by atoms with Gasteiger partial charge in [-0.2, -0.15) is 0 Å². The van der Waals surface area contributed by atoms with Crippen LogP contribution in [-0.4, -0.2) is 23.4 Å². The zero-order chi connectivity index (χ0) is 19.4. The minimum atomic E-state index is -0.715. The number of carbonyl (C=O) groups excluding carboxylic acids is 2. The fourth-order valence-corrected chi connectivity index (χ4v) is 2.74. The Morgan fingerprint density at radius 1 is 1.04 bits per heavy atom. The maximum absolute atomic E-state index is 12.6. The number of ether oxygens (including phenoxy) is 1. The third kappa shape index (κ3) is 4.24. The van der Waals surface area contributed by atoms with E-state index >= 15 is 0 Å². The maximum atomic E-state index is 12.6. The van der Waals surface area contributed by atoms with E-state index in [1.165, 1.54) is 6.07 Å². The number of esters is 1. The van der Waals surface area contributed by atoms with Crippen LogP contribution in [0.15, 0.2) is 30.3 Å². The van der Waals surface area contributed by atoms with Gasteiger partial charge >= 0.3 is 5.97 Å². The molecule has 0 aromatic heterocycles. The lowest BCUT2D eigenvalue weighted by Crippen LogP contribution is -2.16. The molecule has 0 fully saturated rings. The molecule has 1 amide bonds. The Kier molecular flexibility index (Phi) is 5.71. The lowest BCUT2D eigenvalue weighted by molar-refractivity contribution is -0.384. The molecule has 7 nitrogen and oxygen atoms in total. The van der Waals surface area contributed by atoms with Gasteiger partial charge in [0.25, 0.3) is 11.6 Å². The molecule has 0 saturated heterocycles. The molecule has 0 saturated carbocycles. The summed E-state index contributed by atoms with van der Waals surface area (Å²) < 4.78 is 4.87. The summed E-state index contributed by atoms with van der Waals surface area (Å²) in [5.41, 5.74) is 3.10. The van der Waals surface area contributed by atoms with E-state index in [1.807, 2.05) is 32.9 Å². The first-order chi connectivity index (χ1) is 12.2. The molecular weight excluding hydrogens is 336 g/mol. The standard InChI is InChI=1S/C19H20N2O5/c1-5-26-19(23)15-8-14(9-16(10-15)21(24)25)18(22)20-17-12(3)6-11(2)7-13(17)4/h6-10H,5H2,1-4H3,(H,20,22). The Balaban J connectivity index is 2.42. The van der Waals surface area contributed by atoms with Gasteiger partial charge < -0.3 is 10.1 Å². The highest BCUT2D eigenvalue weighted by Crippen LogP contribution is 2.24. The number of anilines is 1. The van der Waals surface area contributed by atoms with E-state index in [0.29, 0.717) is 5.69 Å². The molecule has 0 radical (unpaired) electrons. The molecule has 2 rings (SSSR count). The first-order valence-corrected chi connectivity index (χ1v) is 8.08. The van der Waals surface area contributed by atoms with Crippen molar-refractivity contribution in [2.75, 3.05) is 11.9 Å². The van der Waals surface area contributed by atoms with Gasteiger partial charge in [-0.3, -0.25) is 14.9 Å². The Bertz CT molecular complexity index is 866. The Hall–Kier alpha value is -3.22. The molecule has 0 aliphatic carbocycles. The number of nitro benzene ring substituents is 1. The van der Waals surface area contributed by atoms with E-state index in [4.69, 9.17) is 4.74 Å². The van der Waals surface area contributed by atoms with Gasteiger partial charge in [0.2, 0.25) is 0 Å². The predicted molar refractivity (Wildman–Crippen MR) is 97.7 cm³/mol. The van der Waals surface area contributed by atoms with Crippen molar-refractivity contribution < 1.29 is 19.2 Å². The van der Waals surface area contributed by atoms with E-state index in [9.17, 15) is 19.7 Å². The van der Waals surface area contributed by atoms with Gasteiger partial charge in [-0.1, -0.05) is 17.7 Å². The monoisotopic (exact) mass is 356 g/mol. The van der Waals surface area contributed by atoms with Crippen molar-refractivity contribution in [2.24, 2.45) is 0 Å². The molecule has 0 spiro atoms. The number of non-ortho nitro benzene ring substituents is 1. The van der Waals surface area contributed by atoms with Gasteiger partial charge in [-0.15, -0.1) is 0 Å². The highest BCUT2D eigenvalue weighted by molar-refractivity contribution is 6.07. The Morgan fingerprint density at radius 2 is 1.62 bits per heavy atom. The normalized spacial score (nSPS) is 10.3. The van der Waals surface area contributed by atoms with Crippen molar-refractivity contribution in [3.8, 4) is 0 Å². The van der Waals surface area contributed by atoms with E-state index in [-0.39, 0.29) is 23.4 Å². The van der Waals surface area contributed by atoms with E-state index in [2.05, 4.69) is 5.32 Å². The number of rotatable bonds is 5. The SMILES string of the molecule is CCOC(=O)c1cc(C(=O)Nc2c(C)cc(C)cc2C)cc([N+](=O)[O-])c1. The van der Waals surface area contributed by atoms with E-state index in [0.717, 1.165) is 28.8 Å². The van der Waals surface area contributed by atoms with Gasteiger partial charge in [0, 0.05) is 23.4 Å². The fraction of sp³-hybridized carbons (Fsp3) is 0.263. The summed E-state index contributed by atoms with van der Waals surface area (Å²) in [5, 5.41) is 13.9. The fourth-order valence-electron chi connectivity index (χ4n) is 2.74. The van der Waals surface area contributed by atoms with Crippen LogP contribution in [0, 0.1) is 30.9 Å². The van der Waals surface area contributed by atoms with Crippen molar-refractivity contribution in [1.82, 2.24) is 0 Å². The van der Waals surface area contributed by atoms with Crippen LogP contribution in [0.4, 0.5) is 11.4 Å². The van der Waals surface area contributed by atoms with Crippen LogP contribution in [0.3, 0.4) is 0 Å². The molecule has 0 aliphatic heterocycles. The average molecular weight is 356 g/mol. The Labute approximate surface area is 151 Å². The number of amides is 1. The van der Waals surface area contributed by atoms with Crippen LogP contribution in [-0.2, 0) is 4.74 Å². The number of nitrogens with one attached hydrogen (secondary N) is 1. The van der Waals surface area contributed by atoms with Crippen molar-refractivity contribution in [1.29, 1.82) is 0 Å². The van der Waals surface area contributed by atoms with Crippen molar-refractivity contribution in [2.45, 2.75) is 27.7 Å². The van der Waals surface area contributed by atoms with Crippen molar-refractivity contribution in [3.05, 3.63) is 68.3 Å². The minimum absolute atomic E-state index is 0.0154. The molecule has 2 aromatic rings. The highest BCUT2D eigenvalue weighted by atomic mass is 16.6. The van der Waals surface area contributed by atoms with Crippen LogP contribution in [0.1, 0.15) is 44.3 Å². The van der Waals surface area contributed by atoms with Gasteiger partial charge in [0.15, 0.2) is 0 Å². The minimum Gasteiger partial charge on any atom is -0.462 e. The zero-order valence-corrected chi connectivity index (χ0v) is 15.1. The van der Waals surface area contributed by atoms with Gasteiger partial charge in [0.1, 0.15) is 0 Å².